The Balaban J connectivity index is 1.50. The van der Waals surface area contributed by atoms with Crippen molar-refractivity contribution in [1.82, 2.24) is 13.9 Å². The molecular formula is C21H18FN5O6S2. The van der Waals surface area contributed by atoms with Gasteiger partial charge in [0.1, 0.15) is 23.1 Å². The van der Waals surface area contributed by atoms with Crippen LogP contribution in [0.25, 0.3) is 11.1 Å². The maximum absolute atomic E-state index is 14.9. The summed E-state index contributed by atoms with van der Waals surface area (Å²) in [5.74, 6) is -1.83. The highest BCUT2D eigenvalue weighted by Crippen LogP contribution is 2.29. The maximum Gasteiger partial charge on any atom is 0.420 e. The number of carbonyl (C=O) groups excluding carboxylic acids is 1. The Bertz CT molecular complexity index is 1600. The van der Waals surface area contributed by atoms with E-state index in [2.05, 4.69) is 14.1 Å². The smallest absolute Gasteiger partial charge is 0.420 e. The van der Waals surface area contributed by atoms with Crippen LogP contribution in [0.2, 0.25) is 0 Å². The van der Waals surface area contributed by atoms with Crippen molar-refractivity contribution >= 4 is 43.9 Å². The van der Waals surface area contributed by atoms with E-state index in [0.29, 0.717) is 19.3 Å². The fraction of sp³-hybridized carbons (Fsp3) is 0.238. The van der Waals surface area contributed by atoms with Gasteiger partial charge in [-0.25, -0.2) is 27.4 Å². The molecule has 182 valence electrons. The number of sulfonamides is 1. The van der Waals surface area contributed by atoms with E-state index < -0.39 is 32.6 Å². The lowest BCUT2D eigenvalue weighted by Gasteiger charge is -2.26. The summed E-state index contributed by atoms with van der Waals surface area (Å²) in [6.45, 7) is 0.0485. The minimum Gasteiger partial charge on any atom is -0.446 e. The number of aromatic nitrogens is 3. The topological polar surface area (TPSA) is 159 Å². The quantitative estimate of drug-likeness (QED) is 0.393. The van der Waals surface area contributed by atoms with Gasteiger partial charge in [0.2, 0.25) is 5.13 Å². The first-order chi connectivity index (χ1) is 16.7. The molecular weight excluding hydrogens is 501 g/mol. The predicted molar refractivity (Wildman–Crippen MR) is 123 cm³/mol. The Hall–Kier alpha value is -3.78. The van der Waals surface area contributed by atoms with E-state index >= 15 is 0 Å². The summed E-state index contributed by atoms with van der Waals surface area (Å²) in [6.07, 6.45) is 1.64. The van der Waals surface area contributed by atoms with Crippen LogP contribution in [0.1, 0.15) is 23.1 Å². The number of hydrogen-bond donors (Lipinski definition) is 2. The van der Waals surface area contributed by atoms with Crippen LogP contribution in [0.4, 0.5) is 14.3 Å². The zero-order valence-electron chi connectivity index (χ0n) is 17.9. The Kier molecular flexibility index (Phi) is 5.76. The molecule has 1 atom stereocenters. The molecule has 2 aromatic heterocycles. The van der Waals surface area contributed by atoms with Crippen LogP contribution in [0.5, 0.6) is 0 Å². The van der Waals surface area contributed by atoms with Crippen LogP contribution in [0, 0.1) is 5.82 Å². The molecule has 0 saturated heterocycles. The van der Waals surface area contributed by atoms with Gasteiger partial charge in [-0.1, -0.05) is 18.2 Å². The molecule has 1 aliphatic carbocycles. The zero-order chi connectivity index (χ0) is 24.7. The molecule has 1 aliphatic rings. The number of amides is 1. The highest BCUT2D eigenvalue weighted by molar-refractivity contribution is 7.93. The highest BCUT2D eigenvalue weighted by atomic mass is 32.2. The van der Waals surface area contributed by atoms with E-state index in [1.165, 1.54) is 4.57 Å². The lowest BCUT2D eigenvalue weighted by Crippen LogP contribution is -2.29. The molecule has 14 heteroatoms. The number of carbonyl (C=O) groups is 1. The minimum absolute atomic E-state index is 0.0315. The van der Waals surface area contributed by atoms with E-state index in [4.69, 9.17) is 14.9 Å². The first-order valence-corrected chi connectivity index (χ1v) is 12.6. The number of rotatable bonds is 6. The van der Waals surface area contributed by atoms with E-state index in [1.54, 1.807) is 0 Å². The summed E-state index contributed by atoms with van der Waals surface area (Å²) in [6, 6.07) is 7.53. The number of anilines is 1. The molecule has 0 spiro atoms. The maximum atomic E-state index is 14.9. The number of benzene rings is 2. The number of halogens is 1. The van der Waals surface area contributed by atoms with E-state index in [1.807, 2.05) is 18.2 Å². The van der Waals surface area contributed by atoms with Crippen molar-refractivity contribution in [2.24, 2.45) is 5.73 Å². The highest BCUT2D eigenvalue weighted by Gasteiger charge is 2.26. The summed E-state index contributed by atoms with van der Waals surface area (Å²) in [5.41, 5.74) is 7.89. The van der Waals surface area contributed by atoms with Crippen molar-refractivity contribution in [2.75, 3.05) is 4.72 Å². The first kappa shape index (κ1) is 23.0. The number of fused-ring (bicyclic) bond motifs is 2. The summed E-state index contributed by atoms with van der Waals surface area (Å²) in [5, 5.41) is -0.0315. The standard InChI is InChI=1S/C21H18FN5O6S2/c22-15-7-16-17(8-18(15)35(30,31)26-20-24-10-25-34-20)33-21(29)27(16)9-12-3-1-2-11-4-5-13(6-14(11)12)32-19(23)28/h1-3,7-8,10,13H,4-6,9H2,(H2,23,28)(H,24,25,26). The number of primary amides is 1. The monoisotopic (exact) mass is 519 g/mol. The molecule has 3 N–H and O–H groups in total. The third-order valence-electron chi connectivity index (χ3n) is 5.74. The molecule has 2 heterocycles. The van der Waals surface area contributed by atoms with E-state index in [0.717, 1.165) is 46.7 Å². The van der Waals surface area contributed by atoms with Crippen LogP contribution in [-0.4, -0.2) is 34.5 Å². The van der Waals surface area contributed by atoms with Gasteiger partial charge in [0.15, 0.2) is 5.58 Å². The second kappa shape index (κ2) is 8.78. The Morgan fingerprint density at radius 1 is 1.37 bits per heavy atom. The van der Waals surface area contributed by atoms with Crippen molar-refractivity contribution in [3.63, 3.8) is 0 Å². The van der Waals surface area contributed by atoms with Gasteiger partial charge in [0.05, 0.1) is 12.1 Å². The van der Waals surface area contributed by atoms with Crippen molar-refractivity contribution in [2.45, 2.75) is 36.8 Å². The molecule has 0 aliphatic heterocycles. The number of nitrogens with two attached hydrogens (primary N) is 1. The van der Waals surface area contributed by atoms with Crippen molar-refractivity contribution < 1.29 is 26.8 Å². The normalized spacial score (nSPS) is 15.6. The van der Waals surface area contributed by atoms with Crippen LogP contribution in [0.15, 0.2) is 50.8 Å². The fourth-order valence-electron chi connectivity index (χ4n) is 4.22. The SMILES string of the molecule is NC(=O)OC1CCc2cccc(Cn3c(=O)oc4cc(S(=O)(=O)Nc5ncns5)c(F)cc43)c2C1. The van der Waals surface area contributed by atoms with E-state index in [-0.39, 0.29) is 28.9 Å². The molecule has 0 saturated carbocycles. The average molecular weight is 520 g/mol. The lowest BCUT2D eigenvalue weighted by molar-refractivity contribution is 0.0977. The van der Waals surface area contributed by atoms with Gasteiger partial charge in [-0.2, -0.15) is 4.37 Å². The molecule has 5 rings (SSSR count). The second-order valence-corrected chi connectivity index (χ2v) is 10.3. The second-order valence-electron chi connectivity index (χ2n) is 7.91. The van der Waals surface area contributed by atoms with E-state index in [9.17, 15) is 22.4 Å². The van der Waals surface area contributed by atoms with Crippen molar-refractivity contribution in [3.8, 4) is 0 Å². The van der Waals surface area contributed by atoms with Gasteiger partial charge in [-0.05, 0) is 29.5 Å². The van der Waals surface area contributed by atoms with Gasteiger partial charge < -0.3 is 14.9 Å². The average Bonchev–Trinajstić information content (AvgIpc) is 3.40. The molecule has 0 fully saturated rings. The van der Waals surface area contributed by atoms with Crippen molar-refractivity contribution in [1.29, 1.82) is 0 Å². The van der Waals surface area contributed by atoms with Gasteiger partial charge in [-0.3, -0.25) is 9.29 Å². The van der Waals surface area contributed by atoms with Gasteiger partial charge in [0, 0.05) is 30.1 Å². The number of nitrogens with zero attached hydrogens (tertiary/aromatic N) is 3. The zero-order valence-corrected chi connectivity index (χ0v) is 19.6. The van der Waals surface area contributed by atoms with Crippen LogP contribution < -0.4 is 16.2 Å². The molecule has 1 unspecified atom stereocenters. The third-order valence-corrected chi connectivity index (χ3v) is 7.81. The largest absolute Gasteiger partial charge is 0.446 e. The number of aryl methyl sites for hydroxylation is 1. The number of nitrogens with one attached hydrogen (secondary N) is 1. The van der Waals surface area contributed by atoms with Crippen LogP contribution in [0.3, 0.4) is 0 Å². The molecule has 35 heavy (non-hydrogen) atoms. The lowest BCUT2D eigenvalue weighted by atomic mass is 9.86. The minimum atomic E-state index is -4.34. The number of hydrogen-bond acceptors (Lipinski definition) is 9. The van der Waals surface area contributed by atoms with Gasteiger partial charge in [-0.15, -0.1) is 0 Å². The summed E-state index contributed by atoms with van der Waals surface area (Å²) in [7, 11) is -4.34. The molecule has 4 aromatic rings. The molecule has 0 radical (unpaired) electrons. The van der Waals surface area contributed by atoms with Crippen molar-refractivity contribution in [3.05, 3.63) is 69.7 Å². The summed E-state index contributed by atoms with van der Waals surface area (Å²) < 4.78 is 57.7. The third kappa shape index (κ3) is 4.49. The fourth-order valence-corrected chi connectivity index (χ4v) is 5.96. The Morgan fingerprint density at radius 2 is 2.20 bits per heavy atom. The number of ether oxygens (including phenoxy) is 1. The van der Waals surface area contributed by atoms with Crippen LogP contribution >= 0.6 is 11.5 Å². The Morgan fingerprint density at radius 3 is 2.94 bits per heavy atom. The molecule has 1 amide bonds. The molecule has 2 aromatic carbocycles. The first-order valence-electron chi connectivity index (χ1n) is 10.4. The van der Waals surface area contributed by atoms with Gasteiger partial charge >= 0.3 is 11.8 Å². The summed E-state index contributed by atoms with van der Waals surface area (Å²) in [4.78, 5) is 26.9. The van der Waals surface area contributed by atoms with Gasteiger partial charge in [0.25, 0.3) is 10.0 Å². The van der Waals surface area contributed by atoms with Crippen LogP contribution in [-0.2, 0) is 34.1 Å². The Labute approximate surface area is 201 Å². The molecule has 11 nitrogen and oxygen atoms in total. The molecule has 0 bridgehead atoms. The number of oxazole rings is 1. The predicted octanol–water partition coefficient (Wildman–Crippen LogP) is 2.39. The summed E-state index contributed by atoms with van der Waals surface area (Å²) >= 11 is 0.790.